The number of ether oxygens (including phenoxy) is 2. The van der Waals surface area contributed by atoms with Gasteiger partial charge in [-0.2, -0.15) is 0 Å². The monoisotopic (exact) mass is 396 g/mol. The first kappa shape index (κ1) is 20.6. The number of carbonyl (C=O) groups is 2. The van der Waals surface area contributed by atoms with Gasteiger partial charge in [-0.25, -0.2) is 9.59 Å². The number of rotatable bonds is 4. The third-order valence-corrected chi connectivity index (χ3v) is 3.78. The van der Waals surface area contributed by atoms with Crippen LogP contribution in [0, 0.1) is 0 Å². The maximum Gasteiger partial charge on any atom is 0.408 e. The molecule has 0 aliphatic heterocycles. The minimum Gasteiger partial charge on any atom is -0.467 e. The standard InChI is InChI=1S/C18H21ClN2O6/c1-9(20-17(24)27-18(2,3)4)14(22)21-10-6-7-11-12(8-10)15(23)26-16(25-5)13(11)19/h6-9H,1-5H3,(H,20,24)(H,21,22)/t9-/m0/s1. The molecule has 0 radical (unpaired) electrons. The van der Waals surface area contributed by atoms with Crippen molar-refractivity contribution in [1.82, 2.24) is 5.32 Å². The molecule has 146 valence electrons. The van der Waals surface area contributed by atoms with Crippen molar-refractivity contribution in [3.05, 3.63) is 33.6 Å². The Labute approximate surface area is 160 Å². The van der Waals surface area contributed by atoms with E-state index in [4.69, 9.17) is 25.5 Å². The quantitative estimate of drug-likeness (QED) is 0.821. The normalized spacial score (nSPS) is 12.4. The summed E-state index contributed by atoms with van der Waals surface area (Å²) in [5, 5.41) is 5.83. The van der Waals surface area contributed by atoms with Gasteiger partial charge in [0.1, 0.15) is 16.7 Å². The lowest BCUT2D eigenvalue weighted by molar-refractivity contribution is -0.117. The highest BCUT2D eigenvalue weighted by molar-refractivity contribution is 6.36. The van der Waals surface area contributed by atoms with E-state index >= 15 is 0 Å². The highest BCUT2D eigenvalue weighted by Gasteiger charge is 2.21. The summed E-state index contributed by atoms with van der Waals surface area (Å²) in [6, 6.07) is 3.72. The Morgan fingerprint density at radius 1 is 1.22 bits per heavy atom. The summed E-state index contributed by atoms with van der Waals surface area (Å²) >= 11 is 6.13. The van der Waals surface area contributed by atoms with E-state index in [1.807, 2.05) is 0 Å². The summed E-state index contributed by atoms with van der Waals surface area (Å²) in [7, 11) is 1.34. The molecule has 1 heterocycles. The lowest BCUT2D eigenvalue weighted by Gasteiger charge is -2.21. The molecule has 2 N–H and O–H groups in total. The highest BCUT2D eigenvalue weighted by Crippen LogP contribution is 2.31. The van der Waals surface area contributed by atoms with Gasteiger partial charge in [0.15, 0.2) is 0 Å². The van der Waals surface area contributed by atoms with Gasteiger partial charge in [0, 0.05) is 11.1 Å². The number of halogens is 1. The van der Waals surface area contributed by atoms with Crippen molar-refractivity contribution in [2.24, 2.45) is 0 Å². The number of hydrogen-bond donors (Lipinski definition) is 2. The number of alkyl carbamates (subject to hydrolysis) is 1. The van der Waals surface area contributed by atoms with Gasteiger partial charge in [0.05, 0.1) is 12.5 Å². The van der Waals surface area contributed by atoms with E-state index in [2.05, 4.69) is 10.6 Å². The number of amides is 2. The molecule has 0 aliphatic carbocycles. The van der Waals surface area contributed by atoms with Crippen LogP contribution in [0.3, 0.4) is 0 Å². The van der Waals surface area contributed by atoms with Gasteiger partial charge in [0.25, 0.3) is 0 Å². The third kappa shape index (κ3) is 5.13. The molecule has 27 heavy (non-hydrogen) atoms. The summed E-state index contributed by atoms with van der Waals surface area (Å²) < 4.78 is 15.0. The van der Waals surface area contributed by atoms with Crippen molar-refractivity contribution in [1.29, 1.82) is 0 Å². The van der Waals surface area contributed by atoms with Crippen LogP contribution in [0.15, 0.2) is 27.4 Å². The van der Waals surface area contributed by atoms with Crippen LogP contribution in [0.4, 0.5) is 10.5 Å². The molecule has 1 aromatic heterocycles. The lowest BCUT2D eigenvalue weighted by Crippen LogP contribution is -2.43. The van der Waals surface area contributed by atoms with Gasteiger partial charge in [0.2, 0.25) is 5.91 Å². The molecule has 9 heteroatoms. The number of anilines is 1. The summed E-state index contributed by atoms with van der Waals surface area (Å²) in [6.45, 7) is 6.67. The van der Waals surface area contributed by atoms with Gasteiger partial charge in [-0.05, 0) is 39.8 Å². The summed E-state index contributed by atoms with van der Waals surface area (Å²) in [5.74, 6) is -0.564. The van der Waals surface area contributed by atoms with Crippen LogP contribution in [-0.4, -0.2) is 30.8 Å². The van der Waals surface area contributed by atoms with Gasteiger partial charge in [-0.15, -0.1) is 0 Å². The predicted octanol–water partition coefficient (Wildman–Crippen LogP) is 3.31. The third-order valence-electron chi connectivity index (χ3n) is 3.42. The minimum atomic E-state index is -0.855. The number of methoxy groups -OCH3 is 1. The zero-order valence-corrected chi connectivity index (χ0v) is 16.4. The van der Waals surface area contributed by atoms with E-state index in [-0.39, 0.29) is 16.4 Å². The second-order valence-electron chi connectivity index (χ2n) is 6.81. The second-order valence-corrected chi connectivity index (χ2v) is 7.19. The summed E-state index contributed by atoms with van der Waals surface area (Å²) in [6.07, 6.45) is -0.705. The van der Waals surface area contributed by atoms with Crippen LogP contribution in [0.5, 0.6) is 5.95 Å². The molecule has 2 aromatic rings. The van der Waals surface area contributed by atoms with Crippen molar-refractivity contribution in [2.45, 2.75) is 39.3 Å². The molecule has 0 fully saturated rings. The largest absolute Gasteiger partial charge is 0.467 e. The van der Waals surface area contributed by atoms with Crippen molar-refractivity contribution in [2.75, 3.05) is 12.4 Å². The molecule has 0 bridgehead atoms. The van der Waals surface area contributed by atoms with Gasteiger partial charge in [-0.1, -0.05) is 17.7 Å². The molecular formula is C18H21ClN2O6. The Bertz CT molecular complexity index is 932. The number of fused-ring (bicyclic) bond motifs is 1. The fourth-order valence-corrected chi connectivity index (χ4v) is 2.49. The van der Waals surface area contributed by atoms with Gasteiger partial charge in [-0.3, -0.25) is 4.79 Å². The maximum absolute atomic E-state index is 12.3. The summed E-state index contributed by atoms with van der Waals surface area (Å²) in [4.78, 5) is 36.1. The van der Waals surface area contributed by atoms with Gasteiger partial charge < -0.3 is 24.5 Å². The Hall–Kier alpha value is -2.74. The molecule has 2 rings (SSSR count). The van der Waals surface area contributed by atoms with Gasteiger partial charge >= 0.3 is 17.7 Å². The number of carbonyl (C=O) groups excluding carboxylic acids is 2. The Morgan fingerprint density at radius 3 is 2.48 bits per heavy atom. The molecule has 0 aliphatic rings. The molecule has 2 amide bonds. The van der Waals surface area contributed by atoms with Crippen molar-refractivity contribution in [3.63, 3.8) is 0 Å². The first-order valence-electron chi connectivity index (χ1n) is 8.12. The first-order chi connectivity index (χ1) is 12.5. The van der Waals surface area contributed by atoms with Crippen LogP contribution >= 0.6 is 11.6 Å². The minimum absolute atomic E-state index is 0.0823. The predicted molar refractivity (Wildman–Crippen MR) is 102 cm³/mol. The zero-order valence-electron chi connectivity index (χ0n) is 15.6. The molecular weight excluding hydrogens is 376 g/mol. The van der Waals surface area contributed by atoms with Crippen LogP contribution in [0.25, 0.3) is 10.8 Å². The van der Waals surface area contributed by atoms with Crippen LogP contribution in [-0.2, 0) is 9.53 Å². The molecule has 0 unspecified atom stereocenters. The number of hydrogen-bond acceptors (Lipinski definition) is 6. The van der Waals surface area contributed by atoms with Crippen LogP contribution in [0.1, 0.15) is 27.7 Å². The fourth-order valence-electron chi connectivity index (χ4n) is 2.21. The first-order valence-corrected chi connectivity index (χ1v) is 8.50. The van der Waals surface area contributed by atoms with Crippen LogP contribution in [0.2, 0.25) is 5.02 Å². The Morgan fingerprint density at radius 2 is 1.89 bits per heavy atom. The van der Waals surface area contributed by atoms with E-state index in [9.17, 15) is 14.4 Å². The average molecular weight is 397 g/mol. The molecule has 1 atom stereocenters. The Balaban J connectivity index is 2.16. The molecule has 1 aromatic carbocycles. The van der Waals surface area contributed by atoms with Crippen molar-refractivity contribution in [3.8, 4) is 5.95 Å². The van der Waals surface area contributed by atoms with E-state index in [1.54, 1.807) is 32.9 Å². The SMILES string of the molecule is COc1oc(=O)c2cc(NC(=O)[C@H](C)NC(=O)OC(C)(C)C)ccc2c1Cl. The topological polar surface area (TPSA) is 107 Å². The van der Waals surface area contributed by atoms with E-state index in [0.717, 1.165) is 0 Å². The Kier molecular flexibility index (Phi) is 6.00. The molecule has 0 spiro atoms. The smallest absolute Gasteiger partial charge is 0.408 e. The lowest BCUT2D eigenvalue weighted by atomic mass is 10.1. The van der Waals surface area contributed by atoms with Crippen LogP contribution < -0.4 is 21.0 Å². The second kappa shape index (κ2) is 7.87. The molecule has 0 saturated carbocycles. The highest BCUT2D eigenvalue weighted by atomic mass is 35.5. The van der Waals surface area contributed by atoms with Crippen molar-refractivity contribution >= 4 is 40.1 Å². The van der Waals surface area contributed by atoms with Crippen molar-refractivity contribution < 1.29 is 23.5 Å². The molecule has 8 nitrogen and oxygen atoms in total. The number of benzene rings is 1. The maximum atomic E-state index is 12.3. The zero-order chi connectivity index (χ0) is 20.4. The summed E-state index contributed by atoms with van der Waals surface area (Å²) in [5.41, 5.74) is -0.978. The van der Waals surface area contributed by atoms with E-state index in [1.165, 1.54) is 20.1 Å². The number of nitrogens with one attached hydrogen (secondary N) is 2. The van der Waals surface area contributed by atoms with E-state index < -0.39 is 29.3 Å². The van der Waals surface area contributed by atoms with E-state index in [0.29, 0.717) is 11.1 Å². The molecule has 0 saturated heterocycles. The average Bonchev–Trinajstić information content (AvgIpc) is 2.56. The fraction of sp³-hybridized carbons (Fsp3) is 0.389.